The number of pyridine rings is 1. The molecule has 0 aliphatic rings. The summed E-state index contributed by atoms with van der Waals surface area (Å²) < 4.78 is 0. The van der Waals surface area contributed by atoms with Crippen molar-refractivity contribution in [2.45, 2.75) is 10.8 Å². The lowest BCUT2D eigenvalue weighted by Gasteiger charge is -2.05. The fourth-order valence-electron chi connectivity index (χ4n) is 1.42. The number of carboxylic acids is 1. The Morgan fingerprint density at radius 1 is 1.22 bits per heavy atom. The van der Waals surface area contributed by atoms with Crippen LogP contribution in [0.3, 0.4) is 0 Å². The van der Waals surface area contributed by atoms with Gasteiger partial charge in [-0.25, -0.2) is 9.78 Å². The molecule has 0 unspecified atom stereocenters. The van der Waals surface area contributed by atoms with Gasteiger partial charge >= 0.3 is 5.97 Å². The average Bonchev–Trinajstić information content (AvgIpc) is 2.37. The first kappa shape index (κ1) is 12.9. The van der Waals surface area contributed by atoms with Crippen molar-refractivity contribution in [3.63, 3.8) is 0 Å². The van der Waals surface area contributed by atoms with E-state index in [1.165, 1.54) is 23.9 Å². The lowest BCUT2D eigenvalue weighted by molar-refractivity contribution is 0.0692. The normalized spacial score (nSPS) is 10.3. The summed E-state index contributed by atoms with van der Waals surface area (Å²) in [5, 5.41) is 9.80. The summed E-state index contributed by atoms with van der Waals surface area (Å²) in [6.45, 7) is 0. The van der Waals surface area contributed by atoms with E-state index in [1.54, 1.807) is 0 Å². The van der Waals surface area contributed by atoms with Crippen molar-refractivity contribution in [2.24, 2.45) is 0 Å². The second kappa shape index (κ2) is 5.89. The molecule has 1 aromatic heterocycles. The molecule has 0 spiro atoms. The van der Waals surface area contributed by atoms with Gasteiger partial charge in [0, 0.05) is 5.75 Å². The van der Waals surface area contributed by atoms with Gasteiger partial charge in [0.1, 0.15) is 10.2 Å². The summed E-state index contributed by atoms with van der Waals surface area (Å²) in [4.78, 5) is 15.1. The highest BCUT2D eigenvalue weighted by Crippen LogP contribution is 2.26. The van der Waals surface area contributed by atoms with Gasteiger partial charge in [0.05, 0.1) is 5.56 Å². The average molecular weight is 280 g/mol. The first-order valence-electron chi connectivity index (χ1n) is 5.23. The Morgan fingerprint density at radius 3 is 2.61 bits per heavy atom. The van der Waals surface area contributed by atoms with Crippen molar-refractivity contribution < 1.29 is 9.90 Å². The Hall–Kier alpha value is -1.52. The van der Waals surface area contributed by atoms with E-state index in [-0.39, 0.29) is 5.56 Å². The van der Waals surface area contributed by atoms with Gasteiger partial charge in [-0.05, 0) is 17.7 Å². The van der Waals surface area contributed by atoms with E-state index in [0.717, 1.165) is 5.56 Å². The monoisotopic (exact) mass is 279 g/mol. The Kier molecular flexibility index (Phi) is 4.23. The van der Waals surface area contributed by atoms with Gasteiger partial charge in [-0.2, -0.15) is 0 Å². The summed E-state index contributed by atoms with van der Waals surface area (Å²) in [7, 11) is 0. The highest BCUT2D eigenvalue weighted by Gasteiger charge is 2.12. The van der Waals surface area contributed by atoms with E-state index in [1.807, 2.05) is 30.3 Å². The van der Waals surface area contributed by atoms with E-state index in [0.29, 0.717) is 15.9 Å². The summed E-state index contributed by atoms with van der Waals surface area (Å²) in [5.74, 6) is -0.330. The fourth-order valence-corrected chi connectivity index (χ4v) is 2.58. The quantitative estimate of drug-likeness (QED) is 0.684. The van der Waals surface area contributed by atoms with Gasteiger partial charge in [-0.3, -0.25) is 0 Å². The Bertz CT molecular complexity index is 560. The molecule has 0 aliphatic heterocycles. The minimum Gasteiger partial charge on any atom is -0.478 e. The first-order valence-corrected chi connectivity index (χ1v) is 6.60. The lowest BCUT2D eigenvalue weighted by atomic mass is 10.2. The zero-order chi connectivity index (χ0) is 13.0. The Labute approximate surface area is 114 Å². The summed E-state index contributed by atoms with van der Waals surface area (Å²) in [6.07, 6.45) is 0. The van der Waals surface area contributed by atoms with Gasteiger partial charge in [-0.1, -0.05) is 41.9 Å². The number of rotatable bonds is 4. The molecule has 0 saturated carbocycles. The molecule has 0 aliphatic carbocycles. The molecule has 0 amide bonds. The number of aromatic nitrogens is 1. The minimum atomic E-state index is -0.991. The third-order valence-electron chi connectivity index (χ3n) is 2.28. The van der Waals surface area contributed by atoms with E-state index < -0.39 is 5.97 Å². The molecule has 3 nitrogen and oxygen atoms in total. The van der Waals surface area contributed by atoms with Crippen LogP contribution in [-0.2, 0) is 5.75 Å². The van der Waals surface area contributed by atoms with Crippen LogP contribution in [0.1, 0.15) is 15.9 Å². The van der Waals surface area contributed by atoms with Crippen LogP contribution in [0.25, 0.3) is 0 Å². The molecule has 0 fully saturated rings. The maximum absolute atomic E-state index is 11.0. The van der Waals surface area contributed by atoms with Crippen LogP contribution in [0, 0.1) is 0 Å². The number of aromatic carboxylic acids is 1. The van der Waals surface area contributed by atoms with Crippen molar-refractivity contribution in [3.8, 4) is 0 Å². The molecule has 1 N–H and O–H groups in total. The number of halogens is 1. The molecule has 2 rings (SSSR count). The third kappa shape index (κ3) is 3.24. The number of carboxylic acid groups (broad SMARTS) is 1. The van der Waals surface area contributed by atoms with Crippen LogP contribution in [0.2, 0.25) is 5.15 Å². The molecule has 0 atom stereocenters. The number of nitrogens with zero attached hydrogens (tertiary/aromatic N) is 1. The zero-order valence-electron chi connectivity index (χ0n) is 9.34. The molecule has 0 bridgehead atoms. The third-order valence-corrected chi connectivity index (χ3v) is 3.55. The molecule has 92 valence electrons. The standard InChI is InChI=1S/C13H10ClNO2S/c14-11-7-6-10(13(16)17)12(15-11)18-8-9-4-2-1-3-5-9/h1-7H,8H2,(H,16,17). The highest BCUT2D eigenvalue weighted by atomic mass is 35.5. The van der Waals surface area contributed by atoms with Gasteiger partial charge < -0.3 is 5.11 Å². The molecular formula is C13H10ClNO2S. The van der Waals surface area contributed by atoms with Crippen LogP contribution in [0.5, 0.6) is 0 Å². The molecule has 18 heavy (non-hydrogen) atoms. The van der Waals surface area contributed by atoms with E-state index in [2.05, 4.69) is 4.98 Å². The molecular weight excluding hydrogens is 270 g/mol. The molecule has 5 heteroatoms. The lowest BCUT2D eigenvalue weighted by Crippen LogP contribution is -2.01. The largest absolute Gasteiger partial charge is 0.478 e. The van der Waals surface area contributed by atoms with Crippen molar-refractivity contribution in [2.75, 3.05) is 0 Å². The van der Waals surface area contributed by atoms with Gasteiger partial charge in [-0.15, -0.1) is 11.8 Å². The number of hydrogen-bond acceptors (Lipinski definition) is 3. The molecule has 2 aromatic rings. The second-order valence-electron chi connectivity index (χ2n) is 3.57. The van der Waals surface area contributed by atoms with Crippen molar-refractivity contribution in [1.82, 2.24) is 4.98 Å². The number of hydrogen-bond donors (Lipinski definition) is 1. The number of benzene rings is 1. The van der Waals surface area contributed by atoms with Crippen molar-refractivity contribution in [1.29, 1.82) is 0 Å². The number of carbonyl (C=O) groups is 1. The van der Waals surface area contributed by atoms with Gasteiger partial charge in [0.15, 0.2) is 0 Å². The summed E-state index contributed by atoms with van der Waals surface area (Å²) in [6, 6.07) is 12.8. The van der Waals surface area contributed by atoms with Crippen LogP contribution in [0.15, 0.2) is 47.5 Å². The molecule has 0 radical (unpaired) electrons. The van der Waals surface area contributed by atoms with Crippen molar-refractivity contribution >= 4 is 29.3 Å². The predicted octanol–water partition coefficient (Wildman–Crippen LogP) is 3.73. The Balaban J connectivity index is 2.18. The SMILES string of the molecule is O=C(O)c1ccc(Cl)nc1SCc1ccccc1. The van der Waals surface area contributed by atoms with Gasteiger partial charge in [0.25, 0.3) is 0 Å². The van der Waals surface area contributed by atoms with E-state index >= 15 is 0 Å². The van der Waals surface area contributed by atoms with E-state index in [9.17, 15) is 4.79 Å². The van der Waals surface area contributed by atoms with Crippen LogP contribution >= 0.6 is 23.4 Å². The molecule has 1 aromatic carbocycles. The molecule has 1 heterocycles. The zero-order valence-corrected chi connectivity index (χ0v) is 10.9. The van der Waals surface area contributed by atoms with Crippen molar-refractivity contribution in [3.05, 3.63) is 58.7 Å². The number of thioether (sulfide) groups is 1. The van der Waals surface area contributed by atoms with Gasteiger partial charge in [0.2, 0.25) is 0 Å². The maximum Gasteiger partial charge on any atom is 0.338 e. The maximum atomic E-state index is 11.0. The minimum absolute atomic E-state index is 0.181. The highest BCUT2D eigenvalue weighted by molar-refractivity contribution is 7.98. The second-order valence-corrected chi connectivity index (χ2v) is 4.92. The van der Waals surface area contributed by atoms with E-state index in [4.69, 9.17) is 16.7 Å². The first-order chi connectivity index (χ1) is 8.66. The van der Waals surface area contributed by atoms with Crippen LogP contribution < -0.4 is 0 Å². The summed E-state index contributed by atoms with van der Waals surface area (Å²) in [5.41, 5.74) is 1.29. The van der Waals surface area contributed by atoms with Crippen LogP contribution in [0.4, 0.5) is 0 Å². The fraction of sp³-hybridized carbons (Fsp3) is 0.0769. The Morgan fingerprint density at radius 2 is 1.94 bits per heavy atom. The summed E-state index contributed by atoms with van der Waals surface area (Å²) >= 11 is 7.15. The topological polar surface area (TPSA) is 50.2 Å². The predicted molar refractivity (Wildman–Crippen MR) is 72.2 cm³/mol. The van der Waals surface area contributed by atoms with Crippen LogP contribution in [-0.4, -0.2) is 16.1 Å². The smallest absolute Gasteiger partial charge is 0.338 e. The molecule has 0 saturated heterocycles.